The molecule has 6 heteroatoms. The lowest BCUT2D eigenvalue weighted by Crippen LogP contribution is -2.48. The van der Waals surface area contributed by atoms with Gasteiger partial charge in [0.1, 0.15) is 0 Å². The second-order valence-corrected chi connectivity index (χ2v) is 7.48. The normalized spacial score (nSPS) is 15.3. The zero-order valence-electron chi connectivity index (χ0n) is 16.5. The largest absolute Gasteiger partial charge is 0.416 e. The molecular weight excluding hydrogens is 387 g/mol. The van der Waals surface area contributed by atoms with Gasteiger partial charge in [-0.15, -0.1) is 0 Å². The summed E-state index contributed by atoms with van der Waals surface area (Å²) in [6.45, 7) is 2.10. The summed E-state index contributed by atoms with van der Waals surface area (Å²) in [5.41, 5.74) is 1.38. The summed E-state index contributed by atoms with van der Waals surface area (Å²) >= 11 is 0. The smallest absolute Gasteiger partial charge is 0.305 e. The van der Waals surface area contributed by atoms with Crippen molar-refractivity contribution in [3.63, 3.8) is 0 Å². The zero-order chi connectivity index (χ0) is 21.1. The Kier molecular flexibility index (Phi) is 5.65. The number of nitrogens with zero attached hydrogens (tertiary/aromatic N) is 3. The molecule has 3 nitrogen and oxygen atoms in total. The Morgan fingerprint density at radius 1 is 0.867 bits per heavy atom. The number of hydrogen-bond donors (Lipinski definition) is 0. The molecule has 4 rings (SSSR count). The van der Waals surface area contributed by atoms with Crippen LogP contribution in [0, 0.1) is 11.3 Å². The maximum absolute atomic E-state index is 13.4. The summed E-state index contributed by atoms with van der Waals surface area (Å²) in [6.07, 6.45) is -2.00. The number of halogens is 3. The van der Waals surface area contributed by atoms with E-state index in [4.69, 9.17) is 0 Å². The molecule has 3 aromatic rings. The van der Waals surface area contributed by atoms with E-state index in [0.29, 0.717) is 24.1 Å². The fourth-order valence-corrected chi connectivity index (χ4v) is 4.19. The van der Waals surface area contributed by atoms with Crippen LogP contribution in [-0.4, -0.2) is 24.6 Å². The Balaban J connectivity index is 1.63. The number of hydrazine groups is 1. The van der Waals surface area contributed by atoms with Gasteiger partial charge in [-0.25, -0.2) is 5.01 Å². The van der Waals surface area contributed by atoms with E-state index in [1.807, 2.05) is 36.4 Å². The van der Waals surface area contributed by atoms with Crippen molar-refractivity contribution in [3.8, 4) is 6.07 Å². The van der Waals surface area contributed by atoms with Gasteiger partial charge in [0, 0.05) is 30.4 Å². The Morgan fingerprint density at radius 3 is 2.33 bits per heavy atom. The molecule has 0 spiro atoms. The van der Waals surface area contributed by atoms with Gasteiger partial charge in [0.05, 0.1) is 22.9 Å². The van der Waals surface area contributed by atoms with Crippen LogP contribution in [0.1, 0.15) is 29.5 Å². The Morgan fingerprint density at radius 2 is 1.57 bits per heavy atom. The highest BCUT2D eigenvalue weighted by atomic mass is 19.4. The number of alkyl halides is 3. The van der Waals surface area contributed by atoms with E-state index in [1.165, 1.54) is 6.07 Å². The molecule has 30 heavy (non-hydrogen) atoms. The molecule has 1 fully saturated rings. The minimum atomic E-state index is -4.35. The van der Waals surface area contributed by atoms with Gasteiger partial charge in [-0.3, -0.25) is 0 Å². The molecule has 0 N–H and O–H groups in total. The average Bonchev–Trinajstić information content (AvgIpc) is 2.77. The number of benzene rings is 3. The van der Waals surface area contributed by atoms with Gasteiger partial charge in [-0.1, -0.05) is 42.5 Å². The van der Waals surface area contributed by atoms with Crippen LogP contribution in [0.5, 0.6) is 0 Å². The number of nitriles is 1. The van der Waals surface area contributed by atoms with E-state index in [0.717, 1.165) is 48.5 Å². The van der Waals surface area contributed by atoms with Crippen molar-refractivity contribution in [2.75, 3.05) is 24.6 Å². The van der Waals surface area contributed by atoms with Crippen molar-refractivity contribution in [2.24, 2.45) is 0 Å². The number of fused-ring (bicyclic) bond motifs is 1. The second kappa shape index (κ2) is 8.37. The molecule has 0 aromatic heterocycles. The van der Waals surface area contributed by atoms with Crippen molar-refractivity contribution in [1.29, 1.82) is 5.26 Å². The fraction of sp³-hybridized carbons (Fsp3) is 0.292. The Hall–Kier alpha value is -3.04. The van der Waals surface area contributed by atoms with Crippen LogP contribution in [0.2, 0.25) is 0 Å². The van der Waals surface area contributed by atoms with Crippen LogP contribution in [-0.2, 0) is 12.6 Å². The molecule has 1 aliphatic rings. The highest BCUT2D eigenvalue weighted by Crippen LogP contribution is 2.34. The predicted molar refractivity (Wildman–Crippen MR) is 112 cm³/mol. The van der Waals surface area contributed by atoms with E-state index in [1.54, 1.807) is 12.1 Å². The first-order chi connectivity index (χ1) is 14.5. The summed E-state index contributed by atoms with van der Waals surface area (Å²) in [5, 5.41) is 15.6. The fourth-order valence-electron chi connectivity index (χ4n) is 4.19. The SMILES string of the molecule is N#Cc1ccc(N2CCCCN2CCc2ccccc2C(F)(F)F)c2ccccc12. The van der Waals surface area contributed by atoms with E-state index >= 15 is 0 Å². The predicted octanol–water partition coefficient (Wildman–Crippen LogP) is 5.79. The molecule has 3 aromatic carbocycles. The lowest BCUT2D eigenvalue weighted by atomic mass is 10.0. The molecule has 1 aliphatic heterocycles. The number of hydrogen-bond acceptors (Lipinski definition) is 3. The topological polar surface area (TPSA) is 30.3 Å². The standard InChI is InChI=1S/C24H22F3N3/c25-24(26,27)22-10-4-1-7-18(22)13-16-29-14-5-6-15-30(29)23-12-11-19(17-28)20-8-2-3-9-21(20)23/h1-4,7-12H,5-6,13-16H2. The van der Waals surface area contributed by atoms with E-state index < -0.39 is 11.7 Å². The highest BCUT2D eigenvalue weighted by Gasteiger charge is 2.33. The summed E-state index contributed by atoms with van der Waals surface area (Å²) in [5.74, 6) is 0. The maximum atomic E-state index is 13.4. The maximum Gasteiger partial charge on any atom is 0.416 e. The second-order valence-electron chi connectivity index (χ2n) is 7.48. The minimum absolute atomic E-state index is 0.320. The summed E-state index contributed by atoms with van der Waals surface area (Å²) in [6, 6.07) is 19.6. The highest BCUT2D eigenvalue weighted by molar-refractivity contribution is 5.97. The van der Waals surface area contributed by atoms with Gasteiger partial charge in [-0.2, -0.15) is 18.4 Å². The van der Waals surface area contributed by atoms with Gasteiger partial charge < -0.3 is 5.01 Å². The van der Waals surface area contributed by atoms with E-state index in [-0.39, 0.29) is 0 Å². The first-order valence-electron chi connectivity index (χ1n) is 10.1. The van der Waals surface area contributed by atoms with Crippen molar-refractivity contribution in [1.82, 2.24) is 5.01 Å². The molecule has 154 valence electrons. The zero-order valence-corrected chi connectivity index (χ0v) is 16.5. The first kappa shape index (κ1) is 20.2. The Bertz CT molecular complexity index is 1080. The molecule has 0 saturated carbocycles. The third-order valence-electron chi connectivity index (χ3n) is 5.64. The van der Waals surface area contributed by atoms with E-state index in [2.05, 4.69) is 16.1 Å². The van der Waals surface area contributed by atoms with Gasteiger partial charge in [-0.05, 0) is 43.0 Å². The molecule has 0 unspecified atom stereocenters. The van der Waals surface area contributed by atoms with Crippen molar-refractivity contribution in [3.05, 3.63) is 77.4 Å². The molecule has 1 heterocycles. The molecule has 0 aliphatic carbocycles. The first-order valence-corrected chi connectivity index (χ1v) is 10.1. The van der Waals surface area contributed by atoms with Crippen LogP contribution in [0.3, 0.4) is 0 Å². The van der Waals surface area contributed by atoms with Crippen LogP contribution >= 0.6 is 0 Å². The quantitative estimate of drug-likeness (QED) is 0.546. The summed E-state index contributed by atoms with van der Waals surface area (Å²) in [7, 11) is 0. The third kappa shape index (κ3) is 3.99. The Labute approximate surface area is 173 Å². The monoisotopic (exact) mass is 409 g/mol. The number of rotatable bonds is 4. The summed E-state index contributed by atoms with van der Waals surface area (Å²) < 4.78 is 40.1. The minimum Gasteiger partial charge on any atom is -0.305 e. The van der Waals surface area contributed by atoms with Gasteiger partial charge in [0.25, 0.3) is 0 Å². The van der Waals surface area contributed by atoms with Gasteiger partial charge >= 0.3 is 6.18 Å². The van der Waals surface area contributed by atoms with Crippen molar-refractivity contribution < 1.29 is 13.2 Å². The van der Waals surface area contributed by atoms with Gasteiger partial charge in [0.15, 0.2) is 0 Å². The molecule has 0 bridgehead atoms. The molecular formula is C24H22F3N3. The van der Waals surface area contributed by atoms with Gasteiger partial charge in [0.2, 0.25) is 0 Å². The molecule has 0 amide bonds. The van der Waals surface area contributed by atoms with Crippen LogP contribution < -0.4 is 5.01 Å². The molecule has 0 radical (unpaired) electrons. The molecule has 1 saturated heterocycles. The average molecular weight is 409 g/mol. The van der Waals surface area contributed by atoms with Crippen LogP contribution in [0.4, 0.5) is 18.9 Å². The molecule has 0 atom stereocenters. The van der Waals surface area contributed by atoms with Crippen molar-refractivity contribution in [2.45, 2.75) is 25.4 Å². The van der Waals surface area contributed by atoms with Crippen LogP contribution in [0.15, 0.2) is 60.7 Å². The summed E-state index contributed by atoms with van der Waals surface area (Å²) in [4.78, 5) is 0. The lowest BCUT2D eigenvalue weighted by Gasteiger charge is -2.41. The third-order valence-corrected chi connectivity index (χ3v) is 5.64. The van der Waals surface area contributed by atoms with Crippen molar-refractivity contribution >= 4 is 16.5 Å². The van der Waals surface area contributed by atoms with E-state index in [9.17, 15) is 18.4 Å². The van der Waals surface area contributed by atoms with Crippen LogP contribution in [0.25, 0.3) is 10.8 Å². The lowest BCUT2D eigenvalue weighted by molar-refractivity contribution is -0.138. The number of anilines is 1.